The molecule has 22 heavy (non-hydrogen) atoms. The quantitative estimate of drug-likeness (QED) is 0.797. The molecule has 1 aromatic rings. The zero-order valence-electron chi connectivity index (χ0n) is 13.6. The first-order valence-electron chi connectivity index (χ1n) is 7.65. The van der Waals surface area contributed by atoms with E-state index in [9.17, 15) is 4.79 Å². The maximum atomic E-state index is 12.2. The van der Waals surface area contributed by atoms with Gasteiger partial charge < -0.3 is 14.4 Å². The van der Waals surface area contributed by atoms with Crippen LogP contribution in [0.3, 0.4) is 0 Å². The summed E-state index contributed by atoms with van der Waals surface area (Å²) in [5, 5.41) is 0. The average Bonchev–Trinajstić information content (AvgIpc) is 2.88. The Morgan fingerprint density at radius 1 is 1.32 bits per heavy atom. The van der Waals surface area contributed by atoms with Gasteiger partial charge in [0.25, 0.3) is 0 Å². The summed E-state index contributed by atoms with van der Waals surface area (Å²) >= 11 is 0. The summed E-state index contributed by atoms with van der Waals surface area (Å²) in [6.07, 6.45) is 1.54. The standard InChI is InChI=1S/C18H25NO3/c1-5-15-11-19(17(20)22-18(2,3)4)12-16(15)21-13-14-9-7-6-8-10-14/h5-10,15-16H,1,11-13H2,2-4H3/t15-,16-/m1/s1. The van der Waals surface area contributed by atoms with Gasteiger partial charge in [-0.05, 0) is 26.3 Å². The van der Waals surface area contributed by atoms with Crippen LogP contribution in [0.25, 0.3) is 0 Å². The number of amides is 1. The van der Waals surface area contributed by atoms with Crippen LogP contribution in [0.1, 0.15) is 26.3 Å². The predicted molar refractivity (Wildman–Crippen MR) is 86.5 cm³/mol. The van der Waals surface area contributed by atoms with Crippen LogP contribution in [0.2, 0.25) is 0 Å². The largest absolute Gasteiger partial charge is 0.444 e. The lowest BCUT2D eigenvalue weighted by Gasteiger charge is -2.24. The average molecular weight is 303 g/mol. The summed E-state index contributed by atoms with van der Waals surface area (Å²) in [5.41, 5.74) is 0.644. The molecule has 1 aromatic carbocycles. The number of carbonyl (C=O) groups excluding carboxylic acids is 1. The molecule has 0 radical (unpaired) electrons. The van der Waals surface area contributed by atoms with Gasteiger partial charge in [0.05, 0.1) is 19.3 Å². The molecule has 0 aromatic heterocycles. The molecule has 4 heteroatoms. The molecule has 1 fully saturated rings. The molecule has 1 aliphatic heterocycles. The molecule has 0 unspecified atom stereocenters. The Labute approximate surface area is 132 Å². The van der Waals surface area contributed by atoms with Crippen LogP contribution in [0.4, 0.5) is 4.79 Å². The highest BCUT2D eigenvalue weighted by Gasteiger charge is 2.36. The summed E-state index contributed by atoms with van der Waals surface area (Å²) in [4.78, 5) is 13.9. The third kappa shape index (κ3) is 4.60. The van der Waals surface area contributed by atoms with Crippen molar-refractivity contribution in [1.82, 2.24) is 4.90 Å². The van der Waals surface area contributed by atoms with E-state index < -0.39 is 5.60 Å². The minimum absolute atomic E-state index is 0.0368. The van der Waals surface area contributed by atoms with Crippen molar-refractivity contribution in [2.45, 2.75) is 39.1 Å². The minimum Gasteiger partial charge on any atom is -0.444 e. The van der Waals surface area contributed by atoms with Crippen LogP contribution in [-0.4, -0.2) is 35.8 Å². The fourth-order valence-corrected chi connectivity index (χ4v) is 2.45. The topological polar surface area (TPSA) is 38.8 Å². The molecule has 1 aliphatic rings. The lowest BCUT2D eigenvalue weighted by molar-refractivity contribution is 0.0156. The van der Waals surface area contributed by atoms with Crippen molar-refractivity contribution in [1.29, 1.82) is 0 Å². The van der Waals surface area contributed by atoms with Gasteiger partial charge in [-0.3, -0.25) is 0 Å². The molecule has 0 saturated carbocycles. The minimum atomic E-state index is -0.482. The molecule has 120 valence electrons. The molecule has 2 rings (SSSR count). The summed E-state index contributed by atoms with van der Waals surface area (Å²) in [6, 6.07) is 10.0. The maximum absolute atomic E-state index is 12.2. The number of carbonyl (C=O) groups is 1. The van der Waals surface area contributed by atoms with Crippen LogP contribution in [0, 0.1) is 5.92 Å². The van der Waals surface area contributed by atoms with E-state index in [4.69, 9.17) is 9.47 Å². The Morgan fingerprint density at radius 2 is 2.00 bits per heavy atom. The molecule has 0 spiro atoms. The Kier molecular flexibility index (Phi) is 5.24. The number of benzene rings is 1. The van der Waals surface area contributed by atoms with E-state index in [2.05, 4.69) is 6.58 Å². The van der Waals surface area contributed by atoms with E-state index in [1.54, 1.807) is 4.90 Å². The van der Waals surface area contributed by atoms with Crippen molar-refractivity contribution >= 4 is 6.09 Å². The highest BCUT2D eigenvalue weighted by atomic mass is 16.6. The number of hydrogen-bond donors (Lipinski definition) is 0. The van der Waals surface area contributed by atoms with Gasteiger partial charge in [0.1, 0.15) is 5.60 Å². The maximum Gasteiger partial charge on any atom is 0.410 e. The number of hydrogen-bond acceptors (Lipinski definition) is 3. The Hall–Kier alpha value is -1.81. The molecule has 0 bridgehead atoms. The van der Waals surface area contributed by atoms with Gasteiger partial charge in [0, 0.05) is 12.5 Å². The SMILES string of the molecule is C=C[C@@H]1CN(C(=O)OC(C)(C)C)C[C@H]1OCc1ccccc1. The Morgan fingerprint density at radius 3 is 2.59 bits per heavy atom. The molecule has 1 amide bonds. The van der Waals surface area contributed by atoms with Crippen LogP contribution < -0.4 is 0 Å². The third-order valence-electron chi connectivity index (χ3n) is 3.57. The van der Waals surface area contributed by atoms with E-state index in [0.717, 1.165) is 5.56 Å². The Bertz CT molecular complexity index is 507. The van der Waals surface area contributed by atoms with E-state index in [0.29, 0.717) is 19.7 Å². The Balaban J connectivity index is 1.92. The molecular weight excluding hydrogens is 278 g/mol. The van der Waals surface area contributed by atoms with Crippen LogP contribution in [0.15, 0.2) is 43.0 Å². The van der Waals surface area contributed by atoms with Crippen molar-refractivity contribution in [3.8, 4) is 0 Å². The van der Waals surface area contributed by atoms with Gasteiger partial charge in [0.2, 0.25) is 0 Å². The van der Waals surface area contributed by atoms with Gasteiger partial charge >= 0.3 is 6.09 Å². The molecule has 2 atom stereocenters. The first-order chi connectivity index (χ1) is 10.4. The van der Waals surface area contributed by atoms with Crippen molar-refractivity contribution in [3.63, 3.8) is 0 Å². The van der Waals surface area contributed by atoms with E-state index in [-0.39, 0.29) is 18.1 Å². The lowest BCUT2D eigenvalue weighted by atomic mass is 10.1. The predicted octanol–water partition coefficient (Wildman–Crippen LogP) is 3.62. The van der Waals surface area contributed by atoms with E-state index in [1.807, 2.05) is 57.2 Å². The fraction of sp³-hybridized carbons (Fsp3) is 0.500. The van der Waals surface area contributed by atoms with E-state index in [1.165, 1.54) is 0 Å². The second kappa shape index (κ2) is 6.97. The highest BCUT2D eigenvalue weighted by molar-refractivity contribution is 5.68. The van der Waals surface area contributed by atoms with E-state index >= 15 is 0 Å². The lowest BCUT2D eigenvalue weighted by Crippen LogP contribution is -2.36. The second-order valence-corrected chi connectivity index (χ2v) is 6.62. The zero-order valence-corrected chi connectivity index (χ0v) is 13.6. The molecule has 4 nitrogen and oxygen atoms in total. The van der Waals surface area contributed by atoms with Gasteiger partial charge in [-0.2, -0.15) is 0 Å². The monoisotopic (exact) mass is 303 g/mol. The number of rotatable bonds is 4. The van der Waals surface area contributed by atoms with Gasteiger partial charge in [-0.1, -0.05) is 36.4 Å². The van der Waals surface area contributed by atoms with Crippen molar-refractivity contribution in [2.24, 2.45) is 5.92 Å². The number of nitrogens with zero attached hydrogens (tertiary/aromatic N) is 1. The van der Waals surface area contributed by atoms with Crippen LogP contribution >= 0.6 is 0 Å². The van der Waals surface area contributed by atoms with Gasteiger partial charge in [-0.25, -0.2) is 4.79 Å². The molecule has 1 heterocycles. The fourth-order valence-electron chi connectivity index (χ4n) is 2.45. The van der Waals surface area contributed by atoms with Crippen molar-refractivity contribution in [3.05, 3.63) is 48.6 Å². The molecular formula is C18H25NO3. The van der Waals surface area contributed by atoms with Crippen molar-refractivity contribution in [2.75, 3.05) is 13.1 Å². The summed E-state index contributed by atoms with van der Waals surface area (Å²) in [6.45, 7) is 11.1. The smallest absolute Gasteiger partial charge is 0.410 e. The third-order valence-corrected chi connectivity index (χ3v) is 3.57. The zero-order chi connectivity index (χ0) is 16.2. The van der Waals surface area contributed by atoms with Crippen LogP contribution in [0.5, 0.6) is 0 Å². The first-order valence-corrected chi connectivity index (χ1v) is 7.65. The van der Waals surface area contributed by atoms with Crippen molar-refractivity contribution < 1.29 is 14.3 Å². The summed E-state index contributed by atoms with van der Waals surface area (Å²) < 4.78 is 11.4. The van der Waals surface area contributed by atoms with Crippen LogP contribution in [-0.2, 0) is 16.1 Å². The number of likely N-dealkylation sites (tertiary alicyclic amines) is 1. The molecule has 0 N–H and O–H groups in total. The van der Waals surface area contributed by atoms with Gasteiger partial charge in [-0.15, -0.1) is 6.58 Å². The first kappa shape index (κ1) is 16.6. The number of ether oxygens (including phenoxy) is 2. The van der Waals surface area contributed by atoms with Gasteiger partial charge in [0.15, 0.2) is 0 Å². The summed E-state index contributed by atoms with van der Waals surface area (Å²) in [7, 11) is 0. The summed E-state index contributed by atoms with van der Waals surface area (Å²) in [5.74, 6) is 0.135. The molecule has 1 saturated heterocycles. The molecule has 0 aliphatic carbocycles. The normalized spacial score (nSPS) is 21.7. The second-order valence-electron chi connectivity index (χ2n) is 6.62. The highest BCUT2D eigenvalue weighted by Crippen LogP contribution is 2.24.